The Morgan fingerprint density at radius 1 is 0.511 bits per heavy atom. The van der Waals surface area contributed by atoms with E-state index in [1.807, 2.05) is 6.07 Å². The van der Waals surface area contributed by atoms with Gasteiger partial charge in [0.05, 0.1) is 5.69 Å². The smallest absolute Gasteiger partial charge is 0.145 e. The van der Waals surface area contributed by atoms with E-state index in [1.165, 1.54) is 33.4 Å². The summed E-state index contributed by atoms with van der Waals surface area (Å²) in [5.74, 6) is 0. The van der Waals surface area contributed by atoms with Crippen molar-refractivity contribution < 1.29 is 4.42 Å². The Labute approximate surface area is 262 Å². The summed E-state index contributed by atoms with van der Waals surface area (Å²) in [5.41, 5.74) is 12.8. The van der Waals surface area contributed by atoms with Crippen molar-refractivity contribution in [2.24, 2.45) is 0 Å². The van der Waals surface area contributed by atoms with Crippen molar-refractivity contribution in [3.8, 4) is 22.3 Å². The van der Waals surface area contributed by atoms with Crippen molar-refractivity contribution in [3.05, 3.63) is 163 Å². The number of furan rings is 1. The summed E-state index contributed by atoms with van der Waals surface area (Å²) < 4.78 is 6.64. The fourth-order valence-corrected chi connectivity index (χ4v) is 7.45. The van der Waals surface area contributed by atoms with Crippen LogP contribution in [0, 0.1) is 0 Å². The molecule has 0 unspecified atom stereocenters. The van der Waals surface area contributed by atoms with Gasteiger partial charge in [-0.25, -0.2) is 0 Å². The molecule has 0 N–H and O–H groups in total. The van der Waals surface area contributed by atoms with Gasteiger partial charge in [0.15, 0.2) is 0 Å². The van der Waals surface area contributed by atoms with Gasteiger partial charge in [-0.1, -0.05) is 123 Å². The number of rotatable bonds is 4. The zero-order valence-electron chi connectivity index (χ0n) is 25.3. The molecule has 1 heterocycles. The number of para-hydroxylation sites is 1. The van der Waals surface area contributed by atoms with Crippen LogP contribution >= 0.6 is 0 Å². The summed E-state index contributed by atoms with van der Waals surface area (Å²) in [6, 6.07) is 54.7. The molecule has 2 nitrogen and oxygen atoms in total. The molecule has 45 heavy (non-hydrogen) atoms. The Morgan fingerprint density at radius 2 is 1.24 bits per heavy atom. The average Bonchev–Trinajstić information content (AvgIpc) is 3.58. The third-order valence-electron chi connectivity index (χ3n) is 9.64. The average molecular weight is 578 g/mol. The lowest BCUT2D eigenvalue weighted by Crippen LogP contribution is -2.15. The topological polar surface area (TPSA) is 16.4 Å². The van der Waals surface area contributed by atoms with Crippen LogP contribution in [-0.4, -0.2) is 0 Å². The maximum Gasteiger partial charge on any atom is 0.145 e. The first kappa shape index (κ1) is 25.9. The summed E-state index contributed by atoms with van der Waals surface area (Å²) >= 11 is 0. The van der Waals surface area contributed by atoms with E-state index >= 15 is 0 Å². The first-order chi connectivity index (χ1) is 22.1. The van der Waals surface area contributed by atoms with E-state index < -0.39 is 0 Å². The molecule has 214 valence electrons. The molecule has 0 radical (unpaired) electrons. The molecule has 0 saturated carbocycles. The van der Waals surface area contributed by atoms with Crippen LogP contribution in [0.25, 0.3) is 55.0 Å². The molecule has 0 fully saturated rings. The number of anilines is 3. The molecule has 0 bridgehead atoms. The molecule has 9 rings (SSSR count). The molecule has 0 spiro atoms. The number of benzene rings is 7. The van der Waals surface area contributed by atoms with Gasteiger partial charge in [-0.15, -0.1) is 0 Å². The highest BCUT2D eigenvalue weighted by Gasteiger charge is 2.35. The van der Waals surface area contributed by atoms with Crippen molar-refractivity contribution in [2.45, 2.75) is 19.3 Å². The molecular weight excluding hydrogens is 546 g/mol. The predicted molar refractivity (Wildman–Crippen MR) is 189 cm³/mol. The SMILES string of the molecule is CC1(C)c2ccccc2-c2cc(N(c3cccc(-c4ccccc4)c3)c3cccc4ccc5c6ccccc6oc5c34)ccc21. The summed E-state index contributed by atoms with van der Waals surface area (Å²) in [5, 5.41) is 4.53. The zero-order chi connectivity index (χ0) is 30.1. The maximum absolute atomic E-state index is 6.64. The lowest BCUT2D eigenvalue weighted by molar-refractivity contribution is 0.660. The minimum Gasteiger partial charge on any atom is -0.455 e. The highest BCUT2D eigenvalue weighted by molar-refractivity contribution is 6.19. The first-order valence-corrected chi connectivity index (χ1v) is 15.6. The van der Waals surface area contributed by atoms with Crippen LogP contribution in [-0.2, 0) is 5.41 Å². The minimum atomic E-state index is -0.0532. The van der Waals surface area contributed by atoms with Crippen molar-refractivity contribution in [1.82, 2.24) is 0 Å². The van der Waals surface area contributed by atoms with Gasteiger partial charge in [-0.2, -0.15) is 0 Å². The van der Waals surface area contributed by atoms with Gasteiger partial charge in [0.25, 0.3) is 0 Å². The summed E-state index contributed by atoms with van der Waals surface area (Å²) in [6.07, 6.45) is 0. The summed E-state index contributed by atoms with van der Waals surface area (Å²) in [4.78, 5) is 2.41. The minimum absolute atomic E-state index is 0.0532. The van der Waals surface area contributed by atoms with E-state index in [0.29, 0.717) is 0 Å². The Morgan fingerprint density at radius 3 is 2.16 bits per heavy atom. The van der Waals surface area contributed by atoms with Gasteiger partial charge in [0, 0.05) is 32.9 Å². The largest absolute Gasteiger partial charge is 0.455 e. The van der Waals surface area contributed by atoms with Crippen molar-refractivity contribution in [1.29, 1.82) is 0 Å². The van der Waals surface area contributed by atoms with Crippen LogP contribution in [0.4, 0.5) is 17.1 Å². The summed E-state index contributed by atoms with van der Waals surface area (Å²) in [6.45, 7) is 4.67. The molecule has 1 aliphatic rings. The number of nitrogens with zero attached hydrogens (tertiary/aromatic N) is 1. The van der Waals surface area contributed by atoms with Crippen LogP contribution in [0.1, 0.15) is 25.0 Å². The highest BCUT2D eigenvalue weighted by Crippen LogP contribution is 2.51. The second kappa shape index (κ2) is 9.70. The molecule has 0 aliphatic heterocycles. The summed E-state index contributed by atoms with van der Waals surface area (Å²) in [7, 11) is 0. The molecule has 8 aromatic rings. The van der Waals surface area contributed by atoms with Gasteiger partial charge < -0.3 is 9.32 Å². The van der Waals surface area contributed by atoms with Gasteiger partial charge in [0.1, 0.15) is 11.2 Å². The monoisotopic (exact) mass is 577 g/mol. The molecule has 0 amide bonds. The van der Waals surface area contributed by atoms with Gasteiger partial charge in [0.2, 0.25) is 0 Å². The van der Waals surface area contributed by atoms with E-state index in [0.717, 1.165) is 49.8 Å². The van der Waals surface area contributed by atoms with Crippen LogP contribution in [0.3, 0.4) is 0 Å². The third kappa shape index (κ3) is 3.89. The first-order valence-electron chi connectivity index (χ1n) is 15.6. The van der Waals surface area contributed by atoms with Gasteiger partial charge in [-0.05, 0) is 81.2 Å². The number of fused-ring (bicyclic) bond motifs is 8. The predicted octanol–water partition coefficient (Wildman–Crippen LogP) is 12.2. The molecule has 0 atom stereocenters. The Balaban J connectivity index is 1.34. The van der Waals surface area contributed by atoms with E-state index in [-0.39, 0.29) is 5.41 Å². The van der Waals surface area contributed by atoms with Crippen LogP contribution in [0.5, 0.6) is 0 Å². The number of hydrogen-bond acceptors (Lipinski definition) is 2. The second-order valence-electron chi connectivity index (χ2n) is 12.6. The molecule has 1 aliphatic carbocycles. The van der Waals surface area contributed by atoms with Crippen molar-refractivity contribution in [3.63, 3.8) is 0 Å². The normalized spacial score (nSPS) is 13.3. The van der Waals surface area contributed by atoms with Crippen molar-refractivity contribution in [2.75, 3.05) is 4.90 Å². The Bertz CT molecular complexity index is 2410. The lowest BCUT2D eigenvalue weighted by atomic mass is 9.82. The van der Waals surface area contributed by atoms with E-state index in [9.17, 15) is 0 Å². The highest BCUT2D eigenvalue weighted by atomic mass is 16.3. The van der Waals surface area contributed by atoms with Crippen LogP contribution in [0.15, 0.2) is 156 Å². The van der Waals surface area contributed by atoms with Gasteiger partial charge >= 0.3 is 0 Å². The fourth-order valence-electron chi connectivity index (χ4n) is 7.45. The lowest BCUT2D eigenvalue weighted by Gasteiger charge is -2.28. The van der Waals surface area contributed by atoms with E-state index in [1.54, 1.807) is 0 Å². The molecular formula is C43H31NO. The standard InChI is InChI=1S/C43H31NO/c1-43(2)37-19-8-6-17-33(37)36-27-32(23-25-38(36)43)44(31-16-10-15-30(26-31)28-12-4-3-5-13-28)39-20-11-14-29-22-24-35-34-18-7-9-21-40(34)45-42(35)41(29)39/h3-27H,1-2H3. The maximum atomic E-state index is 6.64. The molecule has 0 saturated heterocycles. The Kier molecular flexibility index (Phi) is 5.58. The van der Waals surface area contributed by atoms with Crippen molar-refractivity contribution >= 4 is 49.8 Å². The Hall–Kier alpha value is -5.60. The molecule has 2 heteroatoms. The quantitative estimate of drug-likeness (QED) is 0.207. The van der Waals surface area contributed by atoms with E-state index in [2.05, 4.69) is 164 Å². The van der Waals surface area contributed by atoms with Crippen LogP contribution in [0.2, 0.25) is 0 Å². The number of hydrogen-bond donors (Lipinski definition) is 0. The van der Waals surface area contributed by atoms with Gasteiger partial charge in [-0.3, -0.25) is 0 Å². The molecule has 7 aromatic carbocycles. The fraction of sp³-hybridized carbons (Fsp3) is 0.0698. The second-order valence-corrected chi connectivity index (χ2v) is 12.6. The molecule has 1 aromatic heterocycles. The van der Waals surface area contributed by atoms with E-state index in [4.69, 9.17) is 4.42 Å². The third-order valence-corrected chi connectivity index (χ3v) is 9.64. The van der Waals surface area contributed by atoms with Crippen LogP contribution < -0.4 is 4.90 Å². The zero-order valence-corrected chi connectivity index (χ0v) is 25.3.